The number of hydrogen-bond acceptors (Lipinski definition) is 2. The molecule has 0 saturated heterocycles. The minimum atomic E-state index is -0.583. The molecule has 2 aliphatic rings. The molecule has 1 N–H and O–H groups in total. The maximum Gasteiger partial charge on any atom is 0.237 e. The summed E-state index contributed by atoms with van der Waals surface area (Å²) in [6.07, 6.45) is 5.65. The Balaban J connectivity index is 1.50. The van der Waals surface area contributed by atoms with Crippen molar-refractivity contribution in [3.63, 3.8) is 0 Å². The zero-order valence-electron chi connectivity index (χ0n) is 17.6. The molecule has 2 aromatic rings. The maximum absolute atomic E-state index is 14.3. The smallest absolute Gasteiger partial charge is 0.237 e. The van der Waals surface area contributed by atoms with Crippen molar-refractivity contribution in [2.24, 2.45) is 0 Å². The van der Waals surface area contributed by atoms with Gasteiger partial charge in [0.25, 0.3) is 0 Å². The lowest BCUT2D eigenvalue weighted by Crippen LogP contribution is -2.57. The fourth-order valence-corrected chi connectivity index (χ4v) is 4.99. The van der Waals surface area contributed by atoms with Crippen LogP contribution in [-0.2, 0) is 24.2 Å². The van der Waals surface area contributed by atoms with Crippen LogP contribution in [0.3, 0.4) is 0 Å². The predicted octanol–water partition coefficient (Wildman–Crippen LogP) is 4.77. The molecule has 2 aromatic carbocycles. The number of fused-ring (bicyclic) bond motifs is 1. The standard InChI is InChI=1S/C25H30F2N2O/c1-18(29-15-12-19-8-3-4-9-20(19)17-29)24(30)28-25(13-5-2-6-14-25)16-21-22(26)10-7-11-23(21)27/h3-4,7-11,18H,2,5-6,12-17H2,1H3,(H,28,30). The Morgan fingerprint density at radius 1 is 1.03 bits per heavy atom. The molecule has 3 nitrogen and oxygen atoms in total. The molecule has 4 rings (SSSR count). The molecule has 1 fully saturated rings. The van der Waals surface area contributed by atoms with Gasteiger partial charge in [0.1, 0.15) is 11.6 Å². The van der Waals surface area contributed by atoms with E-state index in [-0.39, 0.29) is 23.9 Å². The summed E-state index contributed by atoms with van der Waals surface area (Å²) in [7, 11) is 0. The van der Waals surface area contributed by atoms with Crippen LogP contribution in [0, 0.1) is 11.6 Å². The highest BCUT2D eigenvalue weighted by Crippen LogP contribution is 2.33. The lowest BCUT2D eigenvalue weighted by Gasteiger charge is -2.41. The van der Waals surface area contributed by atoms with Crippen molar-refractivity contribution in [1.29, 1.82) is 0 Å². The SMILES string of the molecule is CC(C(=O)NC1(Cc2c(F)cccc2F)CCCCC1)N1CCc2ccccc2C1. The average Bonchev–Trinajstić information content (AvgIpc) is 2.76. The van der Waals surface area contributed by atoms with Crippen molar-refractivity contribution >= 4 is 5.91 Å². The van der Waals surface area contributed by atoms with Crippen LogP contribution in [0.1, 0.15) is 55.7 Å². The normalized spacial score (nSPS) is 19.7. The van der Waals surface area contributed by atoms with E-state index in [4.69, 9.17) is 0 Å². The molecule has 30 heavy (non-hydrogen) atoms. The van der Waals surface area contributed by atoms with Gasteiger partial charge < -0.3 is 5.32 Å². The highest BCUT2D eigenvalue weighted by molar-refractivity contribution is 5.82. The Hall–Kier alpha value is -2.27. The Bertz CT molecular complexity index is 888. The van der Waals surface area contributed by atoms with Gasteiger partial charge >= 0.3 is 0 Å². The molecule has 1 saturated carbocycles. The van der Waals surface area contributed by atoms with Gasteiger partial charge in [0.15, 0.2) is 0 Å². The van der Waals surface area contributed by atoms with Gasteiger partial charge in [-0.3, -0.25) is 9.69 Å². The van der Waals surface area contributed by atoms with E-state index in [1.54, 1.807) is 0 Å². The molecule has 1 aliphatic heterocycles. The number of nitrogens with one attached hydrogen (secondary N) is 1. The number of nitrogens with zero attached hydrogens (tertiary/aromatic N) is 1. The Morgan fingerprint density at radius 3 is 2.40 bits per heavy atom. The minimum Gasteiger partial charge on any atom is -0.349 e. The minimum absolute atomic E-state index is 0.0481. The molecule has 0 aromatic heterocycles. The van der Waals surface area contributed by atoms with Crippen LogP contribution in [0.5, 0.6) is 0 Å². The van der Waals surface area contributed by atoms with Crippen LogP contribution < -0.4 is 5.32 Å². The fraction of sp³-hybridized carbons (Fsp3) is 0.480. The van der Waals surface area contributed by atoms with Gasteiger partial charge in [-0.2, -0.15) is 0 Å². The molecule has 1 aliphatic carbocycles. The zero-order chi connectivity index (χ0) is 21.1. The van der Waals surface area contributed by atoms with Crippen molar-refractivity contribution < 1.29 is 13.6 Å². The fourth-order valence-electron chi connectivity index (χ4n) is 4.99. The molecule has 1 amide bonds. The summed E-state index contributed by atoms with van der Waals surface area (Å²) in [5.74, 6) is -1.11. The van der Waals surface area contributed by atoms with E-state index in [9.17, 15) is 13.6 Å². The van der Waals surface area contributed by atoms with E-state index in [1.807, 2.05) is 13.0 Å². The van der Waals surface area contributed by atoms with Gasteiger partial charge in [-0.1, -0.05) is 49.6 Å². The first-order valence-corrected chi connectivity index (χ1v) is 11.0. The van der Waals surface area contributed by atoms with Gasteiger partial charge in [-0.15, -0.1) is 0 Å². The van der Waals surface area contributed by atoms with Gasteiger partial charge in [-0.05, 0) is 49.4 Å². The van der Waals surface area contributed by atoms with Crippen LogP contribution in [0.2, 0.25) is 0 Å². The van der Waals surface area contributed by atoms with Gasteiger partial charge in [0, 0.05) is 30.6 Å². The van der Waals surface area contributed by atoms with Gasteiger partial charge in [0.2, 0.25) is 5.91 Å². The third-order valence-corrected chi connectivity index (χ3v) is 6.86. The third kappa shape index (κ3) is 4.41. The summed E-state index contributed by atoms with van der Waals surface area (Å²) >= 11 is 0. The second-order valence-corrected chi connectivity index (χ2v) is 8.87. The maximum atomic E-state index is 14.3. The lowest BCUT2D eigenvalue weighted by atomic mass is 9.77. The number of amides is 1. The number of rotatable bonds is 5. The van der Waals surface area contributed by atoms with Crippen LogP contribution in [0.4, 0.5) is 8.78 Å². The summed E-state index contributed by atoms with van der Waals surface area (Å²) in [4.78, 5) is 15.4. The summed E-state index contributed by atoms with van der Waals surface area (Å²) in [6, 6.07) is 12.0. The first-order chi connectivity index (χ1) is 14.5. The van der Waals surface area contributed by atoms with E-state index in [0.717, 1.165) is 51.6 Å². The van der Waals surface area contributed by atoms with E-state index in [0.29, 0.717) is 0 Å². The Labute approximate surface area is 177 Å². The first-order valence-electron chi connectivity index (χ1n) is 11.0. The number of halogens is 2. The first kappa shape index (κ1) is 21.0. The van der Waals surface area contributed by atoms with Gasteiger partial charge in [-0.25, -0.2) is 8.78 Å². The third-order valence-electron chi connectivity index (χ3n) is 6.86. The topological polar surface area (TPSA) is 32.3 Å². The number of benzene rings is 2. The highest BCUT2D eigenvalue weighted by Gasteiger charge is 2.37. The molecule has 160 valence electrons. The molecule has 0 bridgehead atoms. The molecular weight excluding hydrogens is 382 g/mol. The molecule has 1 heterocycles. The second kappa shape index (κ2) is 8.84. The molecule has 0 radical (unpaired) electrons. The van der Waals surface area contributed by atoms with Crippen LogP contribution >= 0.6 is 0 Å². The van der Waals surface area contributed by atoms with Crippen LogP contribution in [0.15, 0.2) is 42.5 Å². The molecule has 1 unspecified atom stereocenters. The Kier molecular flexibility index (Phi) is 6.19. The Morgan fingerprint density at radius 2 is 1.70 bits per heavy atom. The van der Waals surface area contributed by atoms with Crippen LogP contribution in [-0.4, -0.2) is 28.9 Å². The zero-order valence-corrected chi connectivity index (χ0v) is 17.6. The predicted molar refractivity (Wildman–Crippen MR) is 114 cm³/mol. The van der Waals surface area contributed by atoms with Crippen LogP contribution in [0.25, 0.3) is 0 Å². The van der Waals surface area contributed by atoms with E-state index >= 15 is 0 Å². The summed E-state index contributed by atoms with van der Waals surface area (Å²) in [6.45, 7) is 3.52. The van der Waals surface area contributed by atoms with Gasteiger partial charge in [0.05, 0.1) is 6.04 Å². The van der Waals surface area contributed by atoms with Crippen molar-refractivity contribution in [3.05, 3.63) is 70.8 Å². The average molecular weight is 413 g/mol. The summed E-state index contributed by atoms with van der Waals surface area (Å²) < 4.78 is 28.7. The van der Waals surface area contributed by atoms with E-state index in [2.05, 4.69) is 28.4 Å². The van der Waals surface area contributed by atoms with E-state index in [1.165, 1.54) is 29.3 Å². The largest absolute Gasteiger partial charge is 0.349 e. The number of carbonyl (C=O) groups is 1. The number of hydrogen-bond donors (Lipinski definition) is 1. The quantitative estimate of drug-likeness (QED) is 0.767. The molecule has 5 heteroatoms. The van der Waals surface area contributed by atoms with Crippen molar-refractivity contribution in [1.82, 2.24) is 10.2 Å². The van der Waals surface area contributed by atoms with E-state index < -0.39 is 17.2 Å². The highest BCUT2D eigenvalue weighted by atomic mass is 19.1. The van der Waals surface area contributed by atoms with Crippen molar-refractivity contribution in [2.75, 3.05) is 6.54 Å². The summed E-state index contributed by atoms with van der Waals surface area (Å²) in [5, 5.41) is 3.24. The van der Waals surface area contributed by atoms with Crippen molar-refractivity contribution in [2.45, 2.75) is 70.0 Å². The molecular formula is C25H30F2N2O. The lowest BCUT2D eigenvalue weighted by molar-refractivity contribution is -0.128. The number of carbonyl (C=O) groups excluding carboxylic acids is 1. The summed E-state index contributed by atoms with van der Waals surface area (Å²) in [5.41, 5.74) is 2.11. The molecule has 1 atom stereocenters. The van der Waals surface area contributed by atoms with Crippen molar-refractivity contribution in [3.8, 4) is 0 Å². The monoisotopic (exact) mass is 412 g/mol. The molecule has 0 spiro atoms. The second-order valence-electron chi connectivity index (χ2n) is 8.87.